The van der Waals surface area contributed by atoms with E-state index in [9.17, 15) is 13.2 Å². The maximum absolute atomic E-state index is 11.7. The predicted molar refractivity (Wildman–Crippen MR) is 57.4 cm³/mol. The number of ether oxygens (including phenoxy) is 1. The van der Waals surface area contributed by atoms with Gasteiger partial charge in [0.05, 0.1) is 25.3 Å². The van der Waals surface area contributed by atoms with Crippen molar-refractivity contribution in [3.8, 4) is 0 Å². The maximum Gasteiger partial charge on any atom is 0.391 e. The molecule has 6 heteroatoms. The van der Waals surface area contributed by atoms with Crippen molar-refractivity contribution in [2.45, 2.75) is 19.1 Å². The molecule has 0 aromatic carbocycles. The summed E-state index contributed by atoms with van der Waals surface area (Å²) in [5.74, 6) is 0. The van der Waals surface area contributed by atoms with Gasteiger partial charge in [0.1, 0.15) is 0 Å². The Morgan fingerprint density at radius 2 is 2.06 bits per heavy atom. The van der Waals surface area contributed by atoms with Crippen LogP contribution in [0.15, 0.2) is 24.4 Å². The first-order valence-corrected chi connectivity index (χ1v) is 5.33. The van der Waals surface area contributed by atoms with Gasteiger partial charge in [-0.05, 0) is 12.1 Å². The Bertz CT molecular complexity index is 303. The SMILES string of the molecule is FC(F)(F)CCOCCNCc1ccccn1. The number of nitrogens with zero attached hydrogens (tertiary/aromatic N) is 1. The molecule has 0 spiro atoms. The zero-order chi connectivity index (χ0) is 12.6. The first kappa shape index (κ1) is 13.9. The molecule has 3 nitrogen and oxygen atoms in total. The van der Waals surface area contributed by atoms with Gasteiger partial charge >= 0.3 is 6.18 Å². The van der Waals surface area contributed by atoms with Gasteiger partial charge in [-0.25, -0.2) is 0 Å². The van der Waals surface area contributed by atoms with E-state index in [2.05, 4.69) is 10.3 Å². The van der Waals surface area contributed by atoms with Crippen LogP contribution < -0.4 is 5.32 Å². The van der Waals surface area contributed by atoms with Crippen LogP contribution in [-0.4, -0.2) is 30.9 Å². The second-order valence-electron chi connectivity index (χ2n) is 3.48. The number of pyridine rings is 1. The van der Waals surface area contributed by atoms with E-state index < -0.39 is 12.6 Å². The Kier molecular flexibility index (Phi) is 5.93. The van der Waals surface area contributed by atoms with Crippen LogP contribution in [0.3, 0.4) is 0 Å². The monoisotopic (exact) mass is 248 g/mol. The molecule has 0 bridgehead atoms. The lowest BCUT2D eigenvalue weighted by Gasteiger charge is -2.07. The summed E-state index contributed by atoms with van der Waals surface area (Å²) in [6, 6.07) is 5.57. The fraction of sp³-hybridized carbons (Fsp3) is 0.545. The van der Waals surface area contributed by atoms with Gasteiger partial charge in [-0.2, -0.15) is 13.2 Å². The van der Waals surface area contributed by atoms with Gasteiger partial charge in [-0.15, -0.1) is 0 Å². The van der Waals surface area contributed by atoms with Crippen LogP contribution in [0.1, 0.15) is 12.1 Å². The minimum atomic E-state index is -4.14. The van der Waals surface area contributed by atoms with E-state index in [1.807, 2.05) is 18.2 Å². The molecule has 1 aromatic rings. The summed E-state index contributed by atoms with van der Waals surface area (Å²) in [5.41, 5.74) is 0.891. The summed E-state index contributed by atoms with van der Waals surface area (Å²) in [5, 5.41) is 3.03. The van der Waals surface area contributed by atoms with E-state index in [0.717, 1.165) is 5.69 Å². The Balaban J connectivity index is 1.95. The van der Waals surface area contributed by atoms with Gasteiger partial charge in [-0.3, -0.25) is 4.98 Å². The van der Waals surface area contributed by atoms with Crippen molar-refractivity contribution >= 4 is 0 Å². The molecule has 0 fully saturated rings. The molecule has 17 heavy (non-hydrogen) atoms. The fourth-order valence-electron chi connectivity index (χ4n) is 1.15. The summed E-state index contributed by atoms with van der Waals surface area (Å²) < 4.78 is 40.1. The van der Waals surface area contributed by atoms with Gasteiger partial charge in [-0.1, -0.05) is 6.07 Å². The van der Waals surface area contributed by atoms with Crippen LogP contribution in [0, 0.1) is 0 Å². The van der Waals surface area contributed by atoms with Crippen molar-refractivity contribution in [3.05, 3.63) is 30.1 Å². The van der Waals surface area contributed by atoms with E-state index in [1.54, 1.807) is 6.20 Å². The zero-order valence-corrected chi connectivity index (χ0v) is 9.33. The molecule has 0 aliphatic heterocycles. The van der Waals surface area contributed by atoms with Crippen molar-refractivity contribution in [2.24, 2.45) is 0 Å². The van der Waals surface area contributed by atoms with Gasteiger partial charge in [0.2, 0.25) is 0 Å². The van der Waals surface area contributed by atoms with Crippen LogP contribution in [-0.2, 0) is 11.3 Å². The molecule has 0 atom stereocenters. The van der Waals surface area contributed by atoms with Gasteiger partial charge in [0.25, 0.3) is 0 Å². The molecule has 0 unspecified atom stereocenters. The van der Waals surface area contributed by atoms with Gasteiger partial charge < -0.3 is 10.1 Å². The van der Waals surface area contributed by atoms with Crippen molar-refractivity contribution in [1.29, 1.82) is 0 Å². The normalized spacial score (nSPS) is 11.7. The second kappa shape index (κ2) is 7.24. The van der Waals surface area contributed by atoms with E-state index >= 15 is 0 Å². The summed E-state index contributed by atoms with van der Waals surface area (Å²) in [6.07, 6.45) is -3.34. The molecule has 0 radical (unpaired) electrons. The van der Waals surface area contributed by atoms with Crippen molar-refractivity contribution in [1.82, 2.24) is 10.3 Å². The van der Waals surface area contributed by atoms with Crippen LogP contribution >= 0.6 is 0 Å². The minimum absolute atomic E-state index is 0.267. The molecule has 0 aliphatic carbocycles. The van der Waals surface area contributed by atoms with Crippen LogP contribution in [0.4, 0.5) is 13.2 Å². The number of hydrogen-bond donors (Lipinski definition) is 1. The Morgan fingerprint density at radius 1 is 1.24 bits per heavy atom. The van der Waals surface area contributed by atoms with Crippen molar-refractivity contribution < 1.29 is 17.9 Å². The topological polar surface area (TPSA) is 34.1 Å². The van der Waals surface area contributed by atoms with E-state index in [4.69, 9.17) is 4.74 Å². The molecule has 1 aromatic heterocycles. The number of nitrogens with one attached hydrogen (secondary N) is 1. The van der Waals surface area contributed by atoms with E-state index in [0.29, 0.717) is 13.1 Å². The third kappa shape index (κ3) is 7.70. The number of rotatable bonds is 7. The summed E-state index contributed by atoms with van der Waals surface area (Å²) >= 11 is 0. The highest BCUT2D eigenvalue weighted by atomic mass is 19.4. The van der Waals surface area contributed by atoms with Crippen LogP contribution in [0.5, 0.6) is 0 Å². The molecule has 1 rings (SSSR count). The van der Waals surface area contributed by atoms with Crippen LogP contribution in [0.2, 0.25) is 0 Å². The average molecular weight is 248 g/mol. The standard InChI is InChI=1S/C11H15F3N2O/c12-11(13,14)4-7-17-8-6-15-9-10-3-1-2-5-16-10/h1-3,5,15H,4,6-9H2. The molecular weight excluding hydrogens is 233 g/mol. The van der Waals surface area contributed by atoms with E-state index in [-0.39, 0.29) is 13.2 Å². The minimum Gasteiger partial charge on any atom is -0.380 e. The lowest BCUT2D eigenvalue weighted by atomic mass is 10.3. The van der Waals surface area contributed by atoms with Crippen molar-refractivity contribution in [3.63, 3.8) is 0 Å². The highest BCUT2D eigenvalue weighted by molar-refractivity contribution is 5.02. The lowest BCUT2D eigenvalue weighted by molar-refractivity contribution is -0.145. The largest absolute Gasteiger partial charge is 0.391 e. The molecule has 0 aliphatic rings. The predicted octanol–water partition coefficient (Wildman–Crippen LogP) is 2.14. The Morgan fingerprint density at radius 3 is 2.71 bits per heavy atom. The lowest BCUT2D eigenvalue weighted by Crippen LogP contribution is -2.21. The highest BCUT2D eigenvalue weighted by Crippen LogP contribution is 2.18. The average Bonchev–Trinajstić information content (AvgIpc) is 2.28. The third-order valence-electron chi connectivity index (χ3n) is 1.99. The van der Waals surface area contributed by atoms with Crippen LogP contribution in [0.25, 0.3) is 0 Å². The summed E-state index contributed by atoms with van der Waals surface area (Å²) in [6.45, 7) is 1.08. The fourth-order valence-corrected chi connectivity index (χ4v) is 1.15. The molecule has 0 saturated heterocycles. The summed E-state index contributed by atoms with van der Waals surface area (Å²) in [7, 11) is 0. The van der Waals surface area contributed by atoms with Gasteiger partial charge in [0, 0.05) is 19.3 Å². The molecule has 0 amide bonds. The maximum atomic E-state index is 11.7. The third-order valence-corrected chi connectivity index (χ3v) is 1.99. The molecule has 1 heterocycles. The summed E-state index contributed by atoms with van der Waals surface area (Å²) in [4.78, 5) is 4.09. The Labute approximate surface area is 98.0 Å². The number of aromatic nitrogens is 1. The van der Waals surface area contributed by atoms with Crippen molar-refractivity contribution in [2.75, 3.05) is 19.8 Å². The molecular formula is C11H15F3N2O. The number of alkyl halides is 3. The Hall–Kier alpha value is -1.14. The molecule has 0 saturated carbocycles. The first-order chi connectivity index (χ1) is 8.08. The second-order valence-corrected chi connectivity index (χ2v) is 3.48. The quantitative estimate of drug-likeness (QED) is 0.751. The smallest absolute Gasteiger partial charge is 0.380 e. The number of halogens is 3. The number of hydrogen-bond acceptors (Lipinski definition) is 3. The highest BCUT2D eigenvalue weighted by Gasteiger charge is 2.26. The van der Waals surface area contributed by atoms with E-state index in [1.165, 1.54) is 0 Å². The first-order valence-electron chi connectivity index (χ1n) is 5.33. The molecule has 1 N–H and O–H groups in total. The zero-order valence-electron chi connectivity index (χ0n) is 9.33. The molecule has 96 valence electrons. The van der Waals surface area contributed by atoms with Gasteiger partial charge in [0.15, 0.2) is 0 Å².